The molecule has 0 aromatic heterocycles. The molecule has 0 saturated carbocycles. The maximum Gasteiger partial charge on any atom is 0.0720 e. The van der Waals surface area contributed by atoms with E-state index in [0.29, 0.717) is 6.61 Å². The predicted octanol–water partition coefficient (Wildman–Crippen LogP) is 6.88. The van der Waals surface area contributed by atoms with E-state index in [1.54, 1.807) is 0 Å². The monoisotopic (exact) mass is 393 g/mol. The highest BCUT2D eigenvalue weighted by Gasteiger charge is 2.21. The van der Waals surface area contributed by atoms with Gasteiger partial charge in [0.1, 0.15) is 0 Å². The summed E-state index contributed by atoms with van der Waals surface area (Å²) in [5.74, 6) is 0. The van der Waals surface area contributed by atoms with Gasteiger partial charge in [0.15, 0.2) is 0 Å². The van der Waals surface area contributed by atoms with Crippen molar-refractivity contribution in [1.82, 2.24) is 5.32 Å². The molecule has 164 valence electrons. The molecule has 0 atom stereocenters. The number of hydrogen-bond donors (Lipinski definition) is 1. The summed E-state index contributed by atoms with van der Waals surface area (Å²) in [6.07, 6.45) is 4.86. The largest absolute Gasteiger partial charge is 0.376 e. The summed E-state index contributed by atoms with van der Waals surface area (Å²) in [4.78, 5) is 0. The Hall–Kier alpha value is -0.900. The van der Waals surface area contributed by atoms with Crippen molar-refractivity contribution in [3.63, 3.8) is 0 Å². The second-order valence-corrected chi connectivity index (χ2v) is 8.88. The zero-order valence-electron chi connectivity index (χ0n) is 20.2. The summed E-state index contributed by atoms with van der Waals surface area (Å²) in [6.45, 7) is 21.6. The summed E-state index contributed by atoms with van der Waals surface area (Å²) in [7, 11) is 0. The Morgan fingerprint density at radius 1 is 0.929 bits per heavy atom. The summed E-state index contributed by atoms with van der Waals surface area (Å²) in [6, 6.07) is 8.69. The number of hydrogen-bond acceptors (Lipinski definition) is 3. The van der Waals surface area contributed by atoms with Gasteiger partial charge in [-0.2, -0.15) is 0 Å². The molecule has 0 saturated heterocycles. The Bertz CT molecular complexity index is 492. The van der Waals surface area contributed by atoms with Gasteiger partial charge in [-0.05, 0) is 65.5 Å². The molecule has 0 aliphatic carbocycles. The van der Waals surface area contributed by atoms with Gasteiger partial charge in [-0.15, -0.1) is 0 Å². The topological polar surface area (TPSA) is 30.5 Å². The lowest BCUT2D eigenvalue weighted by atomic mass is 9.99. The summed E-state index contributed by atoms with van der Waals surface area (Å²) < 4.78 is 11.8. The van der Waals surface area contributed by atoms with Crippen LogP contribution in [0.1, 0.15) is 99.1 Å². The molecule has 0 bridgehead atoms. The average Bonchev–Trinajstić information content (AvgIpc) is 2.65. The van der Waals surface area contributed by atoms with Crippen molar-refractivity contribution in [2.24, 2.45) is 0 Å². The standard InChI is InChI=1S/C23H41NO2.C2H6/c1-8-9-14-23(6,7)26-16-15-22(4,5)24-17-20-10-12-21(13-11-20)18-25-19(2)3;1-2/h10-13,19,24H,8-9,14-18H2,1-7H3;1-2H3. The van der Waals surface area contributed by atoms with Gasteiger partial charge in [0.2, 0.25) is 0 Å². The van der Waals surface area contributed by atoms with Crippen molar-refractivity contribution >= 4 is 0 Å². The lowest BCUT2D eigenvalue weighted by molar-refractivity contribution is -0.0321. The van der Waals surface area contributed by atoms with Crippen LogP contribution >= 0.6 is 0 Å². The molecule has 1 aromatic rings. The van der Waals surface area contributed by atoms with Crippen molar-refractivity contribution in [2.75, 3.05) is 6.61 Å². The minimum atomic E-state index is -0.0139. The van der Waals surface area contributed by atoms with E-state index in [4.69, 9.17) is 9.47 Å². The van der Waals surface area contributed by atoms with Crippen LogP contribution in [-0.2, 0) is 22.6 Å². The number of nitrogens with one attached hydrogen (secondary N) is 1. The molecule has 0 unspecified atom stereocenters. The fourth-order valence-electron chi connectivity index (χ4n) is 2.70. The number of unbranched alkanes of at least 4 members (excludes halogenated alkanes) is 1. The van der Waals surface area contributed by atoms with E-state index in [1.165, 1.54) is 24.0 Å². The zero-order valence-corrected chi connectivity index (χ0v) is 20.2. The highest BCUT2D eigenvalue weighted by molar-refractivity contribution is 5.22. The molecule has 0 aliphatic heterocycles. The highest BCUT2D eigenvalue weighted by Crippen LogP contribution is 2.20. The minimum Gasteiger partial charge on any atom is -0.376 e. The highest BCUT2D eigenvalue weighted by atomic mass is 16.5. The number of ether oxygens (including phenoxy) is 2. The lowest BCUT2D eigenvalue weighted by Crippen LogP contribution is -2.40. The van der Waals surface area contributed by atoms with Gasteiger partial charge in [0.25, 0.3) is 0 Å². The van der Waals surface area contributed by atoms with Crippen LogP contribution in [0.15, 0.2) is 24.3 Å². The molecule has 3 heteroatoms. The van der Waals surface area contributed by atoms with Gasteiger partial charge in [-0.1, -0.05) is 57.9 Å². The minimum absolute atomic E-state index is 0.0139. The van der Waals surface area contributed by atoms with Gasteiger partial charge < -0.3 is 14.8 Å². The van der Waals surface area contributed by atoms with E-state index in [0.717, 1.165) is 26.0 Å². The van der Waals surface area contributed by atoms with Gasteiger partial charge in [0.05, 0.1) is 18.3 Å². The van der Waals surface area contributed by atoms with E-state index in [9.17, 15) is 0 Å². The summed E-state index contributed by atoms with van der Waals surface area (Å²) >= 11 is 0. The van der Waals surface area contributed by atoms with E-state index in [2.05, 4.69) is 78.0 Å². The third-order valence-corrected chi connectivity index (χ3v) is 4.73. The van der Waals surface area contributed by atoms with Crippen molar-refractivity contribution in [3.05, 3.63) is 35.4 Å². The molecule has 0 spiro atoms. The van der Waals surface area contributed by atoms with Crippen LogP contribution in [0.5, 0.6) is 0 Å². The average molecular weight is 394 g/mol. The Labute approximate surface area is 175 Å². The second-order valence-electron chi connectivity index (χ2n) is 8.88. The molecule has 0 amide bonds. The van der Waals surface area contributed by atoms with Crippen LogP contribution in [0.25, 0.3) is 0 Å². The van der Waals surface area contributed by atoms with Crippen LogP contribution in [0.3, 0.4) is 0 Å². The maximum atomic E-state index is 6.13. The fraction of sp³-hybridized carbons (Fsp3) is 0.760. The van der Waals surface area contributed by atoms with Crippen molar-refractivity contribution in [1.29, 1.82) is 0 Å². The van der Waals surface area contributed by atoms with Gasteiger partial charge >= 0.3 is 0 Å². The molecule has 28 heavy (non-hydrogen) atoms. The molecule has 0 aliphatic rings. The smallest absolute Gasteiger partial charge is 0.0720 e. The first kappa shape index (κ1) is 27.1. The molecular formula is C25H47NO2. The number of rotatable bonds is 13. The van der Waals surface area contributed by atoms with Crippen LogP contribution in [-0.4, -0.2) is 23.9 Å². The predicted molar refractivity (Wildman–Crippen MR) is 123 cm³/mol. The number of benzene rings is 1. The molecule has 0 radical (unpaired) electrons. The van der Waals surface area contributed by atoms with E-state index in [1.807, 2.05) is 13.8 Å². The van der Waals surface area contributed by atoms with Crippen molar-refractivity contribution < 1.29 is 9.47 Å². The van der Waals surface area contributed by atoms with Crippen molar-refractivity contribution in [3.8, 4) is 0 Å². The van der Waals surface area contributed by atoms with Crippen LogP contribution in [0.2, 0.25) is 0 Å². The van der Waals surface area contributed by atoms with E-state index in [-0.39, 0.29) is 17.2 Å². The molecule has 3 nitrogen and oxygen atoms in total. The molecule has 1 N–H and O–H groups in total. The summed E-state index contributed by atoms with van der Waals surface area (Å²) in [5.41, 5.74) is 2.57. The van der Waals surface area contributed by atoms with Gasteiger partial charge in [0, 0.05) is 18.7 Å². The second kappa shape index (κ2) is 14.1. The Kier molecular flexibility index (Phi) is 13.7. The van der Waals surface area contributed by atoms with Crippen LogP contribution < -0.4 is 5.32 Å². The quantitative estimate of drug-likeness (QED) is 0.396. The maximum absolute atomic E-state index is 6.13. The lowest BCUT2D eigenvalue weighted by Gasteiger charge is -2.30. The van der Waals surface area contributed by atoms with Crippen LogP contribution in [0, 0.1) is 0 Å². The molecule has 0 fully saturated rings. The molecule has 1 rings (SSSR count). The zero-order chi connectivity index (χ0) is 21.6. The first-order valence-corrected chi connectivity index (χ1v) is 11.2. The van der Waals surface area contributed by atoms with Crippen molar-refractivity contribution in [2.45, 2.75) is 118 Å². The van der Waals surface area contributed by atoms with Gasteiger partial charge in [-0.25, -0.2) is 0 Å². The SMILES string of the molecule is CC.CCCCC(C)(C)OCCC(C)(C)NCc1ccc(COC(C)C)cc1. The molecular weight excluding hydrogens is 346 g/mol. The Balaban J connectivity index is 0.00000352. The fourth-order valence-corrected chi connectivity index (χ4v) is 2.70. The van der Waals surface area contributed by atoms with Crippen LogP contribution in [0.4, 0.5) is 0 Å². The van der Waals surface area contributed by atoms with Gasteiger partial charge in [-0.3, -0.25) is 0 Å². The van der Waals surface area contributed by atoms with E-state index >= 15 is 0 Å². The third-order valence-electron chi connectivity index (χ3n) is 4.73. The third kappa shape index (κ3) is 13.3. The first-order chi connectivity index (χ1) is 13.1. The molecule has 0 heterocycles. The Morgan fingerprint density at radius 2 is 1.50 bits per heavy atom. The van der Waals surface area contributed by atoms with E-state index < -0.39 is 0 Å². The molecule has 1 aromatic carbocycles. The summed E-state index contributed by atoms with van der Waals surface area (Å²) in [5, 5.41) is 3.66. The first-order valence-electron chi connectivity index (χ1n) is 11.2. The Morgan fingerprint density at radius 3 is 2.04 bits per heavy atom. The normalized spacial score (nSPS) is 12.1.